The van der Waals surface area contributed by atoms with Crippen molar-refractivity contribution in [3.63, 3.8) is 0 Å². The second-order valence-electron chi connectivity index (χ2n) is 5.30. The molecule has 0 radical (unpaired) electrons. The maximum absolute atomic E-state index is 12.5. The number of para-hydroxylation sites is 1. The number of hydrogen-bond donors (Lipinski definition) is 3. The Morgan fingerprint density at radius 3 is 2.76 bits per heavy atom. The summed E-state index contributed by atoms with van der Waals surface area (Å²) in [4.78, 5) is 16.5. The van der Waals surface area contributed by atoms with Gasteiger partial charge in [0, 0.05) is 19.6 Å². The highest BCUT2D eigenvalue weighted by molar-refractivity contribution is 5.97. The Balaban J connectivity index is 2.01. The van der Waals surface area contributed by atoms with Crippen molar-refractivity contribution in [2.45, 2.75) is 12.8 Å². The molecule has 0 aliphatic carbocycles. The monoisotopic (exact) mass is 293 g/mol. The fourth-order valence-corrected chi connectivity index (χ4v) is 2.59. The topological polar surface area (TPSA) is 90.0 Å². The van der Waals surface area contributed by atoms with E-state index >= 15 is 0 Å². The molecule has 1 aliphatic heterocycles. The molecule has 0 bridgehead atoms. The van der Waals surface area contributed by atoms with Gasteiger partial charge in [-0.25, -0.2) is 0 Å². The molecule has 6 nitrogen and oxygen atoms in total. The predicted molar refractivity (Wildman–Crippen MR) is 80.4 cm³/mol. The first kappa shape index (κ1) is 15.6. The number of amides is 1. The molecule has 116 valence electrons. The lowest BCUT2D eigenvalue weighted by Gasteiger charge is -2.22. The molecule has 0 unspecified atom stereocenters. The van der Waals surface area contributed by atoms with Gasteiger partial charge in [-0.15, -0.1) is 0 Å². The number of rotatable bonds is 4. The van der Waals surface area contributed by atoms with Crippen LogP contribution in [0.4, 0.5) is 0 Å². The van der Waals surface area contributed by atoms with E-state index in [-0.39, 0.29) is 23.0 Å². The highest BCUT2D eigenvalue weighted by Gasteiger charge is 2.23. The number of phenols is 2. The second-order valence-corrected chi connectivity index (χ2v) is 5.30. The number of carbonyl (C=O) groups is 1. The van der Waals surface area contributed by atoms with E-state index in [1.807, 2.05) is 0 Å². The van der Waals surface area contributed by atoms with Gasteiger partial charge in [-0.2, -0.15) is 0 Å². The van der Waals surface area contributed by atoms with Crippen molar-refractivity contribution in [2.24, 2.45) is 5.73 Å². The van der Waals surface area contributed by atoms with Gasteiger partial charge in [0.25, 0.3) is 5.91 Å². The average molecular weight is 293 g/mol. The van der Waals surface area contributed by atoms with E-state index in [9.17, 15) is 15.0 Å². The molecule has 0 aromatic heterocycles. The van der Waals surface area contributed by atoms with Crippen molar-refractivity contribution in [1.82, 2.24) is 9.80 Å². The zero-order chi connectivity index (χ0) is 15.2. The molecule has 0 atom stereocenters. The first-order valence-electron chi connectivity index (χ1n) is 7.36. The number of phenolic OH excluding ortho intramolecular Hbond substituents is 2. The zero-order valence-corrected chi connectivity index (χ0v) is 12.2. The van der Waals surface area contributed by atoms with Crippen molar-refractivity contribution in [3.8, 4) is 11.5 Å². The lowest BCUT2D eigenvalue weighted by atomic mass is 10.1. The Labute approximate surface area is 124 Å². The fraction of sp³-hybridized carbons (Fsp3) is 0.533. The Hall–Kier alpha value is -1.79. The Kier molecular flexibility index (Phi) is 5.41. The summed E-state index contributed by atoms with van der Waals surface area (Å²) >= 11 is 0. The molecular weight excluding hydrogens is 270 g/mol. The van der Waals surface area contributed by atoms with Gasteiger partial charge in [-0.3, -0.25) is 4.79 Å². The van der Waals surface area contributed by atoms with Gasteiger partial charge < -0.3 is 25.7 Å². The van der Waals surface area contributed by atoms with Crippen LogP contribution in [0.5, 0.6) is 11.5 Å². The van der Waals surface area contributed by atoms with Gasteiger partial charge in [0.05, 0.1) is 5.56 Å². The van der Waals surface area contributed by atoms with Crippen molar-refractivity contribution in [2.75, 3.05) is 39.3 Å². The van der Waals surface area contributed by atoms with Crippen LogP contribution < -0.4 is 5.73 Å². The molecule has 0 spiro atoms. The maximum Gasteiger partial charge on any atom is 0.257 e. The largest absolute Gasteiger partial charge is 0.504 e. The van der Waals surface area contributed by atoms with Crippen LogP contribution in [0.15, 0.2) is 18.2 Å². The molecule has 21 heavy (non-hydrogen) atoms. The summed E-state index contributed by atoms with van der Waals surface area (Å²) < 4.78 is 0. The summed E-state index contributed by atoms with van der Waals surface area (Å²) in [6, 6.07) is 4.46. The lowest BCUT2D eigenvalue weighted by Crippen LogP contribution is -2.35. The van der Waals surface area contributed by atoms with E-state index in [0.717, 1.165) is 32.5 Å². The summed E-state index contributed by atoms with van der Waals surface area (Å²) in [5.41, 5.74) is 5.68. The zero-order valence-electron chi connectivity index (χ0n) is 12.2. The fourth-order valence-electron chi connectivity index (χ4n) is 2.59. The quantitative estimate of drug-likeness (QED) is 0.707. The molecule has 1 heterocycles. The Morgan fingerprint density at radius 2 is 2.00 bits per heavy atom. The van der Waals surface area contributed by atoms with Crippen LogP contribution >= 0.6 is 0 Å². The number of benzene rings is 1. The molecule has 0 saturated carbocycles. The van der Waals surface area contributed by atoms with Crippen LogP contribution in [0.3, 0.4) is 0 Å². The molecular formula is C15H23N3O3. The third kappa shape index (κ3) is 3.86. The summed E-state index contributed by atoms with van der Waals surface area (Å²) in [6.07, 6.45) is 1.86. The van der Waals surface area contributed by atoms with E-state index in [0.29, 0.717) is 19.6 Å². The van der Waals surface area contributed by atoms with Crippen molar-refractivity contribution >= 4 is 5.91 Å². The molecule has 1 aromatic carbocycles. The first-order valence-corrected chi connectivity index (χ1v) is 7.36. The third-order valence-electron chi connectivity index (χ3n) is 3.80. The number of hydrogen-bond acceptors (Lipinski definition) is 5. The van der Waals surface area contributed by atoms with Crippen molar-refractivity contribution in [1.29, 1.82) is 0 Å². The summed E-state index contributed by atoms with van der Waals surface area (Å²) in [5, 5.41) is 19.3. The molecule has 6 heteroatoms. The van der Waals surface area contributed by atoms with E-state index in [4.69, 9.17) is 5.73 Å². The summed E-state index contributed by atoms with van der Waals surface area (Å²) in [6.45, 7) is 4.68. The maximum atomic E-state index is 12.5. The van der Waals surface area contributed by atoms with Crippen LogP contribution in [0, 0.1) is 0 Å². The third-order valence-corrected chi connectivity index (χ3v) is 3.80. The normalized spacial score (nSPS) is 16.7. The van der Waals surface area contributed by atoms with Crippen LogP contribution in [-0.4, -0.2) is 65.2 Å². The van der Waals surface area contributed by atoms with E-state index < -0.39 is 0 Å². The minimum absolute atomic E-state index is 0.158. The summed E-state index contributed by atoms with van der Waals surface area (Å²) in [5.74, 6) is -0.837. The first-order chi connectivity index (χ1) is 10.1. The lowest BCUT2D eigenvalue weighted by molar-refractivity contribution is 0.0757. The number of aromatic hydroxyl groups is 2. The molecule has 1 aliphatic rings. The minimum Gasteiger partial charge on any atom is -0.504 e. The molecule has 1 saturated heterocycles. The molecule has 4 N–H and O–H groups in total. The highest BCUT2D eigenvalue weighted by atomic mass is 16.3. The molecule has 1 aromatic rings. The molecule has 1 fully saturated rings. The van der Waals surface area contributed by atoms with Crippen molar-refractivity contribution < 1.29 is 15.0 Å². The van der Waals surface area contributed by atoms with E-state index in [1.54, 1.807) is 11.0 Å². The van der Waals surface area contributed by atoms with Gasteiger partial charge in [-0.05, 0) is 44.6 Å². The van der Waals surface area contributed by atoms with E-state index in [2.05, 4.69) is 4.90 Å². The van der Waals surface area contributed by atoms with Crippen LogP contribution in [0.1, 0.15) is 23.2 Å². The molecule has 2 rings (SSSR count). The minimum atomic E-state index is -0.341. The van der Waals surface area contributed by atoms with Gasteiger partial charge >= 0.3 is 0 Å². The number of carbonyl (C=O) groups excluding carboxylic acids is 1. The highest BCUT2D eigenvalue weighted by Crippen LogP contribution is 2.29. The average Bonchev–Trinajstić information content (AvgIpc) is 2.73. The van der Waals surface area contributed by atoms with Crippen LogP contribution in [0.25, 0.3) is 0 Å². The second kappa shape index (κ2) is 7.28. The van der Waals surface area contributed by atoms with Crippen LogP contribution in [-0.2, 0) is 0 Å². The van der Waals surface area contributed by atoms with Gasteiger partial charge in [0.15, 0.2) is 11.5 Å². The van der Waals surface area contributed by atoms with Gasteiger partial charge in [-0.1, -0.05) is 6.07 Å². The number of nitrogens with two attached hydrogens (primary N) is 1. The Morgan fingerprint density at radius 1 is 1.19 bits per heavy atom. The summed E-state index contributed by atoms with van der Waals surface area (Å²) in [7, 11) is 0. The molecule has 1 amide bonds. The van der Waals surface area contributed by atoms with Gasteiger partial charge in [0.2, 0.25) is 0 Å². The van der Waals surface area contributed by atoms with E-state index in [1.165, 1.54) is 12.1 Å². The number of nitrogens with zero attached hydrogens (tertiary/aromatic N) is 2. The predicted octanol–water partition coefficient (Wildman–Crippen LogP) is 0.594. The Bertz CT molecular complexity index is 493. The van der Waals surface area contributed by atoms with Crippen LogP contribution in [0.2, 0.25) is 0 Å². The van der Waals surface area contributed by atoms with Crippen molar-refractivity contribution in [3.05, 3.63) is 23.8 Å². The smallest absolute Gasteiger partial charge is 0.257 e. The standard InChI is InChI=1S/C15H23N3O3/c16-6-2-7-17-8-3-9-18(11-10-17)15(21)12-4-1-5-13(19)14(12)20/h1,4-5,19-20H,2-3,6-11,16H2. The van der Waals surface area contributed by atoms with Gasteiger partial charge in [0.1, 0.15) is 0 Å². The SMILES string of the molecule is NCCCN1CCCN(C(=O)c2cccc(O)c2O)CC1.